The Hall–Kier alpha value is -4.91. The number of nitrogens with zero attached hydrogens (tertiary/aromatic N) is 1. The largest absolute Gasteiger partial charge is 0.494 e. The Morgan fingerprint density at radius 1 is 0.763 bits per heavy atom. The maximum Gasteiger partial charge on any atom is 0.179 e. The number of rotatable bonds is 8. The summed E-state index contributed by atoms with van der Waals surface area (Å²) in [6.07, 6.45) is 0. The summed E-state index contributed by atoms with van der Waals surface area (Å²) >= 11 is 0. The lowest BCUT2D eigenvalue weighted by molar-refractivity contribution is 0.0890. The minimum Gasteiger partial charge on any atom is -0.494 e. The number of methoxy groups -OCH3 is 1. The number of benzene rings is 4. The van der Waals surface area contributed by atoms with Crippen molar-refractivity contribution in [2.24, 2.45) is 0 Å². The Labute approximate surface area is 219 Å². The first-order valence-corrected chi connectivity index (χ1v) is 12.2. The molecule has 7 heteroatoms. The zero-order valence-corrected chi connectivity index (χ0v) is 20.6. The summed E-state index contributed by atoms with van der Waals surface area (Å²) in [4.78, 5) is 35.0. The van der Waals surface area contributed by atoms with Gasteiger partial charge in [-0.25, -0.2) is 4.98 Å². The van der Waals surface area contributed by atoms with E-state index in [1.54, 1.807) is 37.4 Å². The van der Waals surface area contributed by atoms with Gasteiger partial charge in [-0.1, -0.05) is 54.6 Å². The monoisotopic (exact) mass is 504 g/mol. The van der Waals surface area contributed by atoms with Gasteiger partial charge in [0.1, 0.15) is 47.7 Å². The molecule has 188 valence electrons. The van der Waals surface area contributed by atoms with Crippen LogP contribution in [0.4, 0.5) is 0 Å². The first-order chi connectivity index (χ1) is 18.6. The number of carbonyl (C=O) groups excluding carboxylic acids is 2. The Kier molecular flexibility index (Phi) is 6.09. The van der Waals surface area contributed by atoms with Crippen LogP contribution in [0.2, 0.25) is 0 Å². The van der Waals surface area contributed by atoms with E-state index in [9.17, 15) is 9.59 Å². The molecule has 5 aromatic rings. The summed E-state index contributed by atoms with van der Waals surface area (Å²) in [6.45, 7) is 0.557. The fraction of sp³-hybridized carbons (Fsp3) is 0.129. The molecule has 0 saturated carbocycles. The van der Waals surface area contributed by atoms with Gasteiger partial charge in [0.05, 0.1) is 12.6 Å². The van der Waals surface area contributed by atoms with Gasteiger partial charge in [-0.05, 0) is 47.5 Å². The zero-order valence-electron chi connectivity index (χ0n) is 20.6. The van der Waals surface area contributed by atoms with Crippen molar-refractivity contribution in [3.63, 3.8) is 0 Å². The van der Waals surface area contributed by atoms with Crippen molar-refractivity contribution in [1.82, 2.24) is 9.97 Å². The molecule has 1 atom stereocenters. The molecule has 4 aromatic carbocycles. The van der Waals surface area contributed by atoms with E-state index < -0.39 is 5.92 Å². The van der Waals surface area contributed by atoms with E-state index in [0.29, 0.717) is 57.4 Å². The summed E-state index contributed by atoms with van der Waals surface area (Å²) in [7, 11) is 1.56. The van der Waals surface area contributed by atoms with Crippen molar-refractivity contribution in [3.05, 3.63) is 119 Å². The highest BCUT2D eigenvalue weighted by atomic mass is 16.5. The number of hydrogen-bond acceptors (Lipinski definition) is 6. The van der Waals surface area contributed by atoms with Crippen molar-refractivity contribution in [2.75, 3.05) is 7.11 Å². The zero-order chi connectivity index (χ0) is 26.1. The van der Waals surface area contributed by atoms with Crippen LogP contribution in [0.15, 0.2) is 91.0 Å². The number of imidazole rings is 1. The number of ketones is 2. The predicted molar refractivity (Wildman–Crippen MR) is 142 cm³/mol. The molecule has 38 heavy (non-hydrogen) atoms. The van der Waals surface area contributed by atoms with Gasteiger partial charge in [-0.3, -0.25) is 9.59 Å². The number of Topliss-reactive ketones (excluding diaryl/α,β-unsaturated/α-hetero) is 2. The van der Waals surface area contributed by atoms with E-state index >= 15 is 0 Å². The lowest BCUT2D eigenvalue weighted by Crippen LogP contribution is -2.13. The van der Waals surface area contributed by atoms with Gasteiger partial charge in [0.25, 0.3) is 0 Å². The van der Waals surface area contributed by atoms with Crippen molar-refractivity contribution in [2.45, 2.75) is 19.1 Å². The number of hydrogen-bond donors (Lipinski definition) is 1. The van der Waals surface area contributed by atoms with Crippen molar-refractivity contribution < 1.29 is 23.8 Å². The van der Waals surface area contributed by atoms with Crippen LogP contribution in [0.5, 0.6) is 17.2 Å². The molecule has 0 radical (unpaired) electrons. The first-order valence-electron chi connectivity index (χ1n) is 12.2. The molecular weight excluding hydrogens is 480 g/mol. The summed E-state index contributed by atoms with van der Waals surface area (Å²) in [6, 6.07) is 27.7. The lowest BCUT2D eigenvalue weighted by Gasteiger charge is -2.10. The maximum atomic E-state index is 13.6. The van der Waals surface area contributed by atoms with Crippen LogP contribution in [0.1, 0.15) is 43.6 Å². The SMILES string of the molecule is COc1ccc(C2C(=O)c3ccc(OCc4ccccc4)cc3C2=O)c2nc(COc3ccccc3)[nH]c12. The molecule has 0 bridgehead atoms. The molecule has 1 N–H and O–H groups in total. The Bertz CT molecular complexity index is 1640. The molecule has 1 heterocycles. The smallest absolute Gasteiger partial charge is 0.179 e. The van der Waals surface area contributed by atoms with Crippen molar-refractivity contribution in [1.29, 1.82) is 0 Å². The Morgan fingerprint density at radius 2 is 1.47 bits per heavy atom. The van der Waals surface area contributed by atoms with Crippen LogP contribution >= 0.6 is 0 Å². The van der Waals surface area contributed by atoms with E-state index in [-0.39, 0.29) is 18.2 Å². The van der Waals surface area contributed by atoms with Gasteiger partial charge < -0.3 is 19.2 Å². The number of carbonyl (C=O) groups is 2. The van der Waals surface area contributed by atoms with Gasteiger partial charge in [-0.2, -0.15) is 0 Å². The molecule has 0 amide bonds. The number of aromatic amines is 1. The molecule has 7 nitrogen and oxygen atoms in total. The second-order valence-corrected chi connectivity index (χ2v) is 9.01. The predicted octanol–water partition coefficient (Wildman–Crippen LogP) is 5.89. The number of para-hydroxylation sites is 1. The quantitative estimate of drug-likeness (QED) is 0.265. The third-order valence-corrected chi connectivity index (χ3v) is 6.63. The highest BCUT2D eigenvalue weighted by Crippen LogP contribution is 2.40. The van der Waals surface area contributed by atoms with E-state index in [4.69, 9.17) is 19.2 Å². The van der Waals surface area contributed by atoms with E-state index in [1.807, 2.05) is 60.7 Å². The summed E-state index contributed by atoms with van der Waals surface area (Å²) in [5.41, 5.74) is 3.41. The molecule has 1 aliphatic carbocycles. The minimum atomic E-state index is -0.992. The van der Waals surface area contributed by atoms with Gasteiger partial charge in [0, 0.05) is 11.1 Å². The fourth-order valence-electron chi connectivity index (χ4n) is 4.76. The highest BCUT2D eigenvalue weighted by molar-refractivity contribution is 6.30. The molecular formula is C31H24N2O5. The topological polar surface area (TPSA) is 90.5 Å². The van der Waals surface area contributed by atoms with E-state index in [2.05, 4.69) is 4.98 Å². The van der Waals surface area contributed by atoms with Crippen LogP contribution < -0.4 is 14.2 Å². The molecule has 0 spiro atoms. The van der Waals surface area contributed by atoms with Crippen LogP contribution in [-0.2, 0) is 13.2 Å². The summed E-state index contributed by atoms with van der Waals surface area (Å²) in [5.74, 6) is 0.851. The highest BCUT2D eigenvalue weighted by Gasteiger charge is 2.41. The first kappa shape index (κ1) is 23.5. The molecule has 1 aromatic heterocycles. The second kappa shape index (κ2) is 9.86. The molecule has 6 rings (SSSR count). The van der Waals surface area contributed by atoms with Gasteiger partial charge in [-0.15, -0.1) is 0 Å². The van der Waals surface area contributed by atoms with Gasteiger partial charge in [0.2, 0.25) is 0 Å². The summed E-state index contributed by atoms with van der Waals surface area (Å²) in [5, 5.41) is 0. The van der Waals surface area contributed by atoms with Crippen LogP contribution in [0.25, 0.3) is 11.0 Å². The lowest BCUT2D eigenvalue weighted by atomic mass is 9.93. The average Bonchev–Trinajstić information content (AvgIpc) is 3.50. The van der Waals surface area contributed by atoms with Gasteiger partial charge in [0.15, 0.2) is 11.6 Å². The maximum absolute atomic E-state index is 13.6. The van der Waals surface area contributed by atoms with Crippen LogP contribution in [0, 0.1) is 0 Å². The Balaban J connectivity index is 1.30. The van der Waals surface area contributed by atoms with E-state index in [0.717, 1.165) is 5.56 Å². The van der Waals surface area contributed by atoms with E-state index in [1.165, 1.54) is 0 Å². The number of nitrogens with one attached hydrogen (secondary N) is 1. The second-order valence-electron chi connectivity index (χ2n) is 9.01. The number of ether oxygens (including phenoxy) is 3. The van der Waals surface area contributed by atoms with Crippen molar-refractivity contribution in [3.8, 4) is 17.2 Å². The third kappa shape index (κ3) is 4.28. The Morgan fingerprint density at radius 3 is 2.24 bits per heavy atom. The average molecular weight is 505 g/mol. The van der Waals surface area contributed by atoms with Gasteiger partial charge >= 0.3 is 0 Å². The molecule has 1 aliphatic rings. The molecule has 1 unspecified atom stereocenters. The minimum absolute atomic E-state index is 0.191. The molecule has 0 saturated heterocycles. The number of fused-ring (bicyclic) bond motifs is 2. The van der Waals surface area contributed by atoms with Crippen molar-refractivity contribution >= 4 is 22.6 Å². The summed E-state index contributed by atoms with van der Waals surface area (Å²) < 4.78 is 17.3. The number of H-pyrrole nitrogens is 1. The molecule has 0 aliphatic heterocycles. The number of aromatic nitrogens is 2. The normalized spacial score (nSPS) is 14.5. The van der Waals surface area contributed by atoms with Crippen LogP contribution in [-0.4, -0.2) is 28.6 Å². The molecule has 0 fully saturated rings. The third-order valence-electron chi connectivity index (χ3n) is 6.63. The fourth-order valence-corrected chi connectivity index (χ4v) is 4.76. The van der Waals surface area contributed by atoms with Crippen LogP contribution in [0.3, 0.4) is 0 Å². The standard InChI is InChI=1S/C31H24N2O5/c1-36-25-15-14-23(28-29(25)33-26(32-28)18-38-20-10-6-3-7-11-20)27-30(34)22-13-12-21(16-24(22)31(27)35)37-17-19-8-4-2-5-9-19/h2-16,27H,17-18H2,1H3,(H,32,33).